The Hall–Kier alpha value is -3.06. The van der Waals surface area contributed by atoms with Crippen LogP contribution in [-0.4, -0.2) is 51.3 Å². The van der Waals surface area contributed by atoms with Crippen molar-refractivity contribution in [1.82, 2.24) is 4.90 Å². The second-order valence-electron chi connectivity index (χ2n) is 6.72. The summed E-state index contributed by atoms with van der Waals surface area (Å²) in [6.45, 7) is 1.66. The normalized spacial score (nSPS) is 14.6. The van der Waals surface area contributed by atoms with Crippen molar-refractivity contribution >= 4 is 63.5 Å². The summed E-state index contributed by atoms with van der Waals surface area (Å²) in [5, 5.41) is 17.3. The van der Waals surface area contributed by atoms with Gasteiger partial charge < -0.3 is 19.7 Å². The van der Waals surface area contributed by atoms with Crippen molar-refractivity contribution < 1.29 is 38.9 Å². The van der Waals surface area contributed by atoms with Gasteiger partial charge in [0.25, 0.3) is 11.1 Å². The molecule has 0 radical (unpaired) electrons. The predicted octanol–water partition coefficient (Wildman–Crippen LogP) is 4.09. The minimum atomic E-state index is -1.27. The van der Waals surface area contributed by atoms with Crippen molar-refractivity contribution in [1.29, 1.82) is 0 Å². The van der Waals surface area contributed by atoms with Gasteiger partial charge in [-0.05, 0) is 82.7 Å². The molecule has 2 aromatic carbocycles. The minimum absolute atomic E-state index is 0.117. The van der Waals surface area contributed by atoms with Crippen molar-refractivity contribution in [3.05, 3.63) is 61.6 Å². The maximum absolute atomic E-state index is 12.4. The molecule has 0 spiro atoms. The van der Waals surface area contributed by atoms with Gasteiger partial charge in [0, 0.05) is 0 Å². The Bertz CT molecular complexity index is 1150. The molecule has 0 unspecified atom stereocenters. The number of imide groups is 1. The Morgan fingerprint density at radius 2 is 1.82 bits per heavy atom. The van der Waals surface area contributed by atoms with Gasteiger partial charge in [0.1, 0.15) is 13.2 Å². The number of halogens is 1. The SMILES string of the molecule is CCOc1cc(/C=C2/SC(=O)N(CC(=O)O)C2=O)cc(I)c1OCc1ccc(C(=O)O)cc1. The van der Waals surface area contributed by atoms with E-state index in [0.29, 0.717) is 43.9 Å². The van der Waals surface area contributed by atoms with Gasteiger partial charge in [-0.15, -0.1) is 0 Å². The van der Waals surface area contributed by atoms with Crippen molar-refractivity contribution in [2.45, 2.75) is 13.5 Å². The van der Waals surface area contributed by atoms with Crippen LogP contribution in [0.4, 0.5) is 4.79 Å². The number of aliphatic carboxylic acids is 1. The van der Waals surface area contributed by atoms with Crippen LogP contribution in [0.3, 0.4) is 0 Å². The van der Waals surface area contributed by atoms with Gasteiger partial charge in [0.2, 0.25) is 0 Å². The molecular formula is C22H18INO8S. The molecule has 1 aliphatic rings. The maximum atomic E-state index is 12.4. The van der Waals surface area contributed by atoms with Gasteiger partial charge in [0.05, 0.1) is 20.6 Å². The molecule has 1 fully saturated rings. The van der Waals surface area contributed by atoms with Crippen LogP contribution >= 0.6 is 34.4 Å². The van der Waals surface area contributed by atoms with Gasteiger partial charge in [-0.2, -0.15) is 0 Å². The molecule has 9 nitrogen and oxygen atoms in total. The molecule has 0 aliphatic carbocycles. The van der Waals surface area contributed by atoms with E-state index in [-0.39, 0.29) is 17.1 Å². The van der Waals surface area contributed by atoms with Gasteiger partial charge in [-0.25, -0.2) is 4.79 Å². The molecule has 11 heteroatoms. The average molecular weight is 583 g/mol. The standard InChI is InChI=1S/C22H18INO8S/c1-2-31-16-8-13(9-17-20(27)24(10-18(25)26)22(30)33-17)7-15(23)19(16)32-11-12-3-5-14(6-4-12)21(28)29/h3-9H,2,10-11H2,1H3,(H,25,26)(H,28,29)/b17-9+. The summed E-state index contributed by atoms with van der Waals surface area (Å²) in [5.74, 6) is -2.03. The number of carboxylic acids is 2. The lowest BCUT2D eigenvalue weighted by Crippen LogP contribution is -2.33. The van der Waals surface area contributed by atoms with Crippen LogP contribution in [0.15, 0.2) is 41.3 Å². The second kappa shape index (κ2) is 10.7. The highest BCUT2D eigenvalue weighted by atomic mass is 127. The van der Waals surface area contributed by atoms with E-state index >= 15 is 0 Å². The zero-order chi connectivity index (χ0) is 24.1. The van der Waals surface area contributed by atoms with Crippen molar-refractivity contribution in [2.75, 3.05) is 13.2 Å². The zero-order valence-electron chi connectivity index (χ0n) is 17.2. The average Bonchev–Trinajstić information content (AvgIpc) is 3.00. The molecule has 1 heterocycles. The van der Waals surface area contributed by atoms with E-state index in [1.54, 1.807) is 24.3 Å². The molecule has 172 valence electrons. The quantitative estimate of drug-likeness (QED) is 0.331. The number of aromatic carboxylic acids is 1. The number of thioether (sulfide) groups is 1. The topological polar surface area (TPSA) is 130 Å². The van der Waals surface area contributed by atoms with E-state index < -0.39 is 29.6 Å². The molecule has 2 amide bonds. The highest BCUT2D eigenvalue weighted by Crippen LogP contribution is 2.37. The van der Waals surface area contributed by atoms with E-state index in [0.717, 1.165) is 5.56 Å². The summed E-state index contributed by atoms with van der Waals surface area (Å²) in [7, 11) is 0. The number of hydrogen-bond acceptors (Lipinski definition) is 7. The molecule has 0 saturated carbocycles. The molecule has 33 heavy (non-hydrogen) atoms. The number of hydrogen-bond donors (Lipinski definition) is 2. The first-order chi connectivity index (χ1) is 15.7. The second-order valence-corrected chi connectivity index (χ2v) is 8.87. The summed E-state index contributed by atoms with van der Waals surface area (Å²) >= 11 is 2.74. The van der Waals surface area contributed by atoms with Crippen LogP contribution < -0.4 is 9.47 Å². The molecule has 3 rings (SSSR count). The number of amides is 2. The smallest absolute Gasteiger partial charge is 0.335 e. The van der Waals surface area contributed by atoms with Crippen molar-refractivity contribution in [2.24, 2.45) is 0 Å². The Morgan fingerprint density at radius 1 is 1.12 bits per heavy atom. The first-order valence-corrected chi connectivity index (χ1v) is 11.5. The Kier molecular flexibility index (Phi) is 7.97. The highest BCUT2D eigenvalue weighted by Gasteiger charge is 2.36. The molecule has 2 aromatic rings. The van der Waals surface area contributed by atoms with E-state index in [2.05, 4.69) is 22.6 Å². The van der Waals surface area contributed by atoms with E-state index in [1.165, 1.54) is 18.2 Å². The van der Waals surface area contributed by atoms with Gasteiger partial charge in [-0.1, -0.05) is 12.1 Å². The van der Waals surface area contributed by atoms with Gasteiger partial charge in [-0.3, -0.25) is 19.3 Å². The highest BCUT2D eigenvalue weighted by molar-refractivity contribution is 14.1. The van der Waals surface area contributed by atoms with Gasteiger partial charge >= 0.3 is 11.9 Å². The number of carbonyl (C=O) groups is 4. The number of ether oxygens (including phenoxy) is 2. The minimum Gasteiger partial charge on any atom is -0.490 e. The van der Waals surface area contributed by atoms with Crippen molar-refractivity contribution in [3.63, 3.8) is 0 Å². The summed E-state index contributed by atoms with van der Waals surface area (Å²) in [5.41, 5.74) is 1.54. The molecule has 0 bridgehead atoms. The Labute approximate surface area is 206 Å². The molecule has 1 saturated heterocycles. The van der Waals surface area contributed by atoms with Crippen LogP contribution in [0.25, 0.3) is 6.08 Å². The lowest BCUT2D eigenvalue weighted by atomic mass is 10.1. The number of nitrogens with zero attached hydrogens (tertiary/aromatic N) is 1. The van der Waals surface area contributed by atoms with Crippen molar-refractivity contribution in [3.8, 4) is 11.5 Å². The monoisotopic (exact) mass is 583 g/mol. The fourth-order valence-electron chi connectivity index (χ4n) is 2.90. The van der Waals surface area contributed by atoms with Gasteiger partial charge in [0.15, 0.2) is 11.5 Å². The molecular weight excluding hydrogens is 565 g/mol. The zero-order valence-corrected chi connectivity index (χ0v) is 20.2. The summed E-state index contributed by atoms with van der Waals surface area (Å²) in [4.78, 5) is 47.1. The third-order valence-electron chi connectivity index (χ3n) is 4.38. The lowest BCUT2D eigenvalue weighted by Gasteiger charge is -2.15. The lowest BCUT2D eigenvalue weighted by molar-refractivity contribution is -0.140. The Morgan fingerprint density at radius 3 is 2.42 bits per heavy atom. The van der Waals surface area contributed by atoms with E-state index in [1.807, 2.05) is 6.92 Å². The summed E-state index contributed by atoms with van der Waals surface area (Å²) in [6.07, 6.45) is 1.51. The van der Waals surface area contributed by atoms with E-state index in [4.69, 9.17) is 19.7 Å². The number of carboxylic acid groups (broad SMARTS) is 2. The predicted molar refractivity (Wildman–Crippen MR) is 128 cm³/mol. The first-order valence-electron chi connectivity index (χ1n) is 9.58. The largest absolute Gasteiger partial charge is 0.490 e. The first kappa shape index (κ1) is 24.6. The fraction of sp³-hybridized carbons (Fsp3) is 0.182. The van der Waals surface area contributed by atoms with Crippen LogP contribution in [0, 0.1) is 3.57 Å². The number of carbonyl (C=O) groups excluding carboxylic acids is 2. The maximum Gasteiger partial charge on any atom is 0.335 e. The van der Waals surface area contributed by atoms with Crippen LogP contribution in [-0.2, 0) is 16.2 Å². The summed E-state index contributed by atoms with van der Waals surface area (Å²) in [6, 6.07) is 9.74. The third kappa shape index (κ3) is 6.05. The van der Waals surface area contributed by atoms with E-state index in [9.17, 15) is 19.2 Å². The molecule has 0 aromatic heterocycles. The number of rotatable bonds is 9. The van der Waals surface area contributed by atoms with Crippen LogP contribution in [0.2, 0.25) is 0 Å². The molecule has 2 N–H and O–H groups in total. The molecule has 0 atom stereocenters. The molecule has 1 aliphatic heterocycles. The summed E-state index contributed by atoms with van der Waals surface area (Å²) < 4.78 is 12.3. The number of benzene rings is 2. The fourth-order valence-corrected chi connectivity index (χ4v) is 4.52. The third-order valence-corrected chi connectivity index (χ3v) is 6.09. The van der Waals surface area contributed by atoms with Crippen LogP contribution in [0.5, 0.6) is 11.5 Å². The Balaban J connectivity index is 1.83. The van der Waals surface area contributed by atoms with Crippen LogP contribution in [0.1, 0.15) is 28.4 Å².